The lowest BCUT2D eigenvalue weighted by molar-refractivity contribution is -0.126. The molecule has 1 aromatic heterocycles. The fourth-order valence-electron chi connectivity index (χ4n) is 3.25. The second kappa shape index (κ2) is 7.82. The summed E-state index contributed by atoms with van der Waals surface area (Å²) in [5, 5.41) is 11.5. The molecule has 1 aliphatic heterocycles. The zero-order valence-electron chi connectivity index (χ0n) is 15.0. The van der Waals surface area contributed by atoms with Crippen LogP contribution in [0.1, 0.15) is 12.2 Å². The number of nitrogens with one attached hydrogen (secondary N) is 1. The fourth-order valence-corrected chi connectivity index (χ4v) is 3.37. The van der Waals surface area contributed by atoms with Gasteiger partial charge in [-0.25, -0.2) is 0 Å². The lowest BCUT2D eigenvalue weighted by Gasteiger charge is -2.16. The minimum atomic E-state index is -0.406. The van der Waals surface area contributed by atoms with Gasteiger partial charge in [-0.3, -0.25) is 14.2 Å². The Balaban J connectivity index is 1.40. The Morgan fingerprint density at radius 3 is 2.61 bits per heavy atom. The summed E-state index contributed by atoms with van der Waals surface area (Å²) in [5.74, 6) is -0.0305. The molecule has 7 nitrogen and oxygen atoms in total. The van der Waals surface area contributed by atoms with Crippen molar-refractivity contribution in [3.05, 3.63) is 71.8 Å². The molecule has 0 bridgehead atoms. The number of benzene rings is 2. The molecule has 2 aromatic carbocycles. The number of halogens is 1. The van der Waals surface area contributed by atoms with Gasteiger partial charge in [0.25, 0.3) is 0 Å². The van der Waals surface area contributed by atoms with Gasteiger partial charge in [-0.1, -0.05) is 29.8 Å². The van der Waals surface area contributed by atoms with Crippen LogP contribution in [0.15, 0.2) is 60.9 Å². The standard InChI is InChI=1S/C20H18ClN5O2/c21-15-6-8-17(9-7-15)25-12-14(10-19(25)27)20(28)22-11-18-24-23-13-26(18)16-4-2-1-3-5-16/h1-9,13-14H,10-12H2,(H,22,28). The van der Waals surface area contributed by atoms with E-state index in [1.54, 1.807) is 35.5 Å². The van der Waals surface area contributed by atoms with Crippen molar-refractivity contribution < 1.29 is 9.59 Å². The maximum absolute atomic E-state index is 12.6. The van der Waals surface area contributed by atoms with Crippen molar-refractivity contribution in [1.82, 2.24) is 20.1 Å². The summed E-state index contributed by atoms with van der Waals surface area (Å²) in [6.07, 6.45) is 1.79. The lowest BCUT2D eigenvalue weighted by atomic mass is 10.1. The number of rotatable bonds is 5. The molecule has 1 saturated heterocycles. The van der Waals surface area contributed by atoms with Crippen molar-refractivity contribution in [3.8, 4) is 5.69 Å². The molecule has 2 heterocycles. The maximum atomic E-state index is 12.6. The predicted octanol–water partition coefficient (Wildman–Crippen LogP) is 2.59. The number of nitrogens with zero attached hydrogens (tertiary/aromatic N) is 4. The van der Waals surface area contributed by atoms with E-state index in [0.717, 1.165) is 11.4 Å². The van der Waals surface area contributed by atoms with E-state index in [4.69, 9.17) is 11.6 Å². The SMILES string of the molecule is O=C(NCc1nncn1-c1ccccc1)C1CC(=O)N(c2ccc(Cl)cc2)C1. The third kappa shape index (κ3) is 3.75. The van der Waals surface area contributed by atoms with E-state index in [-0.39, 0.29) is 24.8 Å². The van der Waals surface area contributed by atoms with E-state index in [1.165, 1.54) is 0 Å². The molecular weight excluding hydrogens is 378 g/mol. The van der Waals surface area contributed by atoms with Gasteiger partial charge in [0.15, 0.2) is 5.82 Å². The van der Waals surface area contributed by atoms with Crippen molar-refractivity contribution in [2.45, 2.75) is 13.0 Å². The molecule has 2 amide bonds. The number of carbonyl (C=O) groups is 2. The molecule has 8 heteroatoms. The minimum Gasteiger partial charge on any atom is -0.348 e. The first-order valence-corrected chi connectivity index (χ1v) is 9.27. The lowest BCUT2D eigenvalue weighted by Crippen LogP contribution is -2.33. The van der Waals surface area contributed by atoms with Crippen LogP contribution in [0.25, 0.3) is 5.69 Å². The van der Waals surface area contributed by atoms with E-state index in [0.29, 0.717) is 17.4 Å². The van der Waals surface area contributed by atoms with Crippen LogP contribution in [0.2, 0.25) is 5.02 Å². The predicted molar refractivity (Wildman–Crippen MR) is 105 cm³/mol. The molecule has 142 valence electrons. The second-order valence-electron chi connectivity index (χ2n) is 6.55. The Morgan fingerprint density at radius 1 is 1.11 bits per heavy atom. The fraction of sp³-hybridized carbons (Fsp3) is 0.200. The molecule has 4 rings (SSSR count). The number of hydrogen-bond acceptors (Lipinski definition) is 4. The summed E-state index contributed by atoms with van der Waals surface area (Å²) >= 11 is 5.90. The first-order chi connectivity index (χ1) is 13.6. The van der Waals surface area contributed by atoms with Crippen molar-refractivity contribution in [2.24, 2.45) is 5.92 Å². The normalized spacial score (nSPS) is 16.4. The zero-order valence-corrected chi connectivity index (χ0v) is 15.7. The summed E-state index contributed by atoms with van der Waals surface area (Å²) in [7, 11) is 0. The second-order valence-corrected chi connectivity index (χ2v) is 6.99. The molecule has 1 N–H and O–H groups in total. The van der Waals surface area contributed by atoms with Crippen molar-refractivity contribution >= 4 is 29.1 Å². The summed E-state index contributed by atoms with van der Waals surface area (Å²) in [6, 6.07) is 16.7. The quantitative estimate of drug-likeness (QED) is 0.720. The summed E-state index contributed by atoms with van der Waals surface area (Å²) in [6.45, 7) is 0.580. The highest BCUT2D eigenvalue weighted by Gasteiger charge is 2.35. The highest BCUT2D eigenvalue weighted by atomic mass is 35.5. The van der Waals surface area contributed by atoms with E-state index >= 15 is 0 Å². The number of para-hydroxylation sites is 1. The highest BCUT2D eigenvalue weighted by Crippen LogP contribution is 2.26. The molecule has 0 radical (unpaired) electrons. The Kier molecular flexibility index (Phi) is 5.08. The number of anilines is 1. The Hall–Kier alpha value is -3.19. The molecular formula is C20H18ClN5O2. The third-order valence-corrected chi connectivity index (χ3v) is 4.96. The number of aromatic nitrogens is 3. The molecule has 3 aromatic rings. The van der Waals surface area contributed by atoms with Crippen LogP contribution in [-0.2, 0) is 16.1 Å². The highest BCUT2D eigenvalue weighted by molar-refractivity contribution is 6.30. The molecule has 1 aliphatic rings. The maximum Gasteiger partial charge on any atom is 0.227 e. The minimum absolute atomic E-state index is 0.0741. The average molecular weight is 396 g/mol. The van der Waals surface area contributed by atoms with E-state index in [9.17, 15) is 9.59 Å². The Morgan fingerprint density at radius 2 is 1.86 bits per heavy atom. The third-order valence-electron chi connectivity index (χ3n) is 4.71. The van der Waals surface area contributed by atoms with Gasteiger partial charge in [-0.2, -0.15) is 0 Å². The Labute approximate surface area is 166 Å². The monoisotopic (exact) mass is 395 g/mol. The van der Waals surface area contributed by atoms with Gasteiger partial charge in [-0.05, 0) is 36.4 Å². The molecule has 1 atom stereocenters. The Bertz CT molecular complexity index is 987. The van der Waals surface area contributed by atoms with Crippen molar-refractivity contribution in [1.29, 1.82) is 0 Å². The van der Waals surface area contributed by atoms with E-state index in [2.05, 4.69) is 15.5 Å². The van der Waals surface area contributed by atoms with Gasteiger partial charge < -0.3 is 10.2 Å². The smallest absolute Gasteiger partial charge is 0.227 e. The van der Waals surface area contributed by atoms with Gasteiger partial charge in [0.2, 0.25) is 11.8 Å². The van der Waals surface area contributed by atoms with Gasteiger partial charge >= 0.3 is 0 Å². The summed E-state index contributed by atoms with van der Waals surface area (Å²) in [4.78, 5) is 26.5. The first-order valence-electron chi connectivity index (χ1n) is 8.90. The van der Waals surface area contributed by atoms with Crippen LogP contribution in [0.3, 0.4) is 0 Å². The van der Waals surface area contributed by atoms with Gasteiger partial charge in [0.05, 0.1) is 12.5 Å². The number of amides is 2. The topological polar surface area (TPSA) is 80.1 Å². The van der Waals surface area contributed by atoms with Crippen LogP contribution >= 0.6 is 11.6 Å². The number of carbonyl (C=O) groups excluding carboxylic acids is 2. The van der Waals surface area contributed by atoms with Crippen molar-refractivity contribution in [2.75, 3.05) is 11.4 Å². The van der Waals surface area contributed by atoms with Gasteiger partial charge in [-0.15, -0.1) is 10.2 Å². The molecule has 28 heavy (non-hydrogen) atoms. The van der Waals surface area contributed by atoms with Crippen LogP contribution in [0.4, 0.5) is 5.69 Å². The first kappa shape index (κ1) is 18.2. The summed E-state index contributed by atoms with van der Waals surface area (Å²) < 4.78 is 1.82. The van der Waals surface area contributed by atoms with E-state index < -0.39 is 5.92 Å². The average Bonchev–Trinajstić information content (AvgIpc) is 3.34. The largest absolute Gasteiger partial charge is 0.348 e. The molecule has 0 spiro atoms. The molecule has 0 aliphatic carbocycles. The van der Waals surface area contributed by atoms with Crippen LogP contribution in [-0.4, -0.2) is 33.1 Å². The van der Waals surface area contributed by atoms with Gasteiger partial charge in [0, 0.05) is 29.4 Å². The zero-order chi connectivity index (χ0) is 19.5. The number of hydrogen-bond donors (Lipinski definition) is 1. The molecule has 0 saturated carbocycles. The van der Waals surface area contributed by atoms with Crippen LogP contribution < -0.4 is 10.2 Å². The molecule has 1 unspecified atom stereocenters. The summed E-state index contributed by atoms with van der Waals surface area (Å²) in [5.41, 5.74) is 1.66. The van der Waals surface area contributed by atoms with Crippen LogP contribution in [0.5, 0.6) is 0 Å². The van der Waals surface area contributed by atoms with Gasteiger partial charge in [0.1, 0.15) is 6.33 Å². The van der Waals surface area contributed by atoms with Crippen molar-refractivity contribution in [3.63, 3.8) is 0 Å². The molecule has 1 fully saturated rings. The van der Waals surface area contributed by atoms with Crippen LogP contribution in [0, 0.1) is 5.92 Å². The van der Waals surface area contributed by atoms with E-state index in [1.807, 2.05) is 34.9 Å².